The first-order chi connectivity index (χ1) is 26.3. The Morgan fingerprint density at radius 3 is 1.54 bits per heavy atom. The van der Waals surface area contributed by atoms with E-state index in [4.69, 9.17) is 14.8 Å². The van der Waals surface area contributed by atoms with E-state index in [2.05, 4.69) is 31.3 Å². The first-order valence-electron chi connectivity index (χ1n) is 22.5. The average molecular weight is 787 g/mol. The van der Waals surface area contributed by atoms with E-state index in [1.54, 1.807) is 6.08 Å². The number of hydrogen-bond donors (Lipinski definition) is 5. The van der Waals surface area contributed by atoms with E-state index in [-0.39, 0.29) is 19.6 Å². The maximum Gasteiger partial charge on any atom is 0.472 e. The number of carbonyl (C=O) groups excluding carboxylic acids is 1. The van der Waals surface area contributed by atoms with Crippen LogP contribution in [0.3, 0.4) is 0 Å². The van der Waals surface area contributed by atoms with E-state index in [9.17, 15) is 24.5 Å². The van der Waals surface area contributed by atoms with Crippen LogP contribution in [0.4, 0.5) is 0 Å². The van der Waals surface area contributed by atoms with E-state index < -0.39 is 38.6 Å². The minimum absolute atomic E-state index is 0.0458. The molecule has 4 unspecified atom stereocenters. The van der Waals surface area contributed by atoms with Gasteiger partial charge in [0.25, 0.3) is 0 Å². The Morgan fingerprint density at radius 2 is 1.06 bits per heavy atom. The van der Waals surface area contributed by atoms with E-state index in [0.717, 1.165) is 32.1 Å². The van der Waals surface area contributed by atoms with Crippen LogP contribution in [0.5, 0.6) is 0 Å². The maximum absolute atomic E-state index is 12.8. The number of aliphatic hydroxyl groups is 2. The van der Waals surface area contributed by atoms with E-state index in [0.29, 0.717) is 12.8 Å². The predicted octanol–water partition coefficient (Wildman–Crippen LogP) is 11.5. The minimum Gasteiger partial charge on any atom is -0.393 e. The Kier molecular flexibility index (Phi) is 39.4. The van der Waals surface area contributed by atoms with Gasteiger partial charge in [0.1, 0.15) is 0 Å². The van der Waals surface area contributed by atoms with Crippen molar-refractivity contribution < 1.29 is 33.5 Å². The number of aliphatic hydroxyl groups excluding tert-OH is 2. The molecule has 54 heavy (non-hydrogen) atoms. The molecule has 4 atom stereocenters. The molecular weight excluding hydrogens is 699 g/mol. The second-order valence-electron chi connectivity index (χ2n) is 15.4. The summed E-state index contributed by atoms with van der Waals surface area (Å²) in [4.78, 5) is 22.7. The molecular formula is C44H87N2O7P. The molecule has 0 heterocycles. The van der Waals surface area contributed by atoms with Gasteiger partial charge in [0.2, 0.25) is 5.91 Å². The summed E-state index contributed by atoms with van der Waals surface area (Å²) in [6.45, 7) is 3.94. The molecule has 0 fully saturated rings. The van der Waals surface area contributed by atoms with Gasteiger partial charge in [-0.25, -0.2) is 4.57 Å². The van der Waals surface area contributed by atoms with Crippen LogP contribution in [0.1, 0.15) is 213 Å². The molecule has 0 radical (unpaired) electrons. The Balaban J connectivity index is 4.17. The number of nitrogens with two attached hydrogens (primary N) is 1. The summed E-state index contributed by atoms with van der Waals surface area (Å²) >= 11 is 0. The molecule has 6 N–H and O–H groups in total. The highest BCUT2D eigenvalue weighted by molar-refractivity contribution is 7.47. The number of carbonyl (C=O) groups is 1. The van der Waals surface area contributed by atoms with Crippen LogP contribution in [-0.2, 0) is 18.4 Å². The van der Waals surface area contributed by atoms with Crippen LogP contribution in [0.15, 0.2) is 24.3 Å². The number of allylic oxidation sites excluding steroid dienone is 3. The molecule has 320 valence electrons. The molecule has 0 rings (SSSR count). The monoisotopic (exact) mass is 787 g/mol. The van der Waals surface area contributed by atoms with Gasteiger partial charge >= 0.3 is 7.82 Å². The normalized spacial score (nSPS) is 14.9. The third-order valence-corrected chi connectivity index (χ3v) is 11.1. The topological polar surface area (TPSA) is 151 Å². The molecule has 10 heteroatoms. The third-order valence-electron chi connectivity index (χ3n) is 10.1. The molecule has 0 aromatic heterocycles. The molecule has 0 bridgehead atoms. The highest BCUT2D eigenvalue weighted by atomic mass is 31.2. The molecule has 0 aliphatic carbocycles. The summed E-state index contributed by atoms with van der Waals surface area (Å²) in [5, 5.41) is 24.0. The van der Waals surface area contributed by atoms with Crippen molar-refractivity contribution in [1.29, 1.82) is 0 Å². The van der Waals surface area contributed by atoms with Gasteiger partial charge in [-0.15, -0.1) is 0 Å². The Bertz CT molecular complexity index is 919. The Labute approximate surface area is 332 Å². The first kappa shape index (κ1) is 52.9. The van der Waals surface area contributed by atoms with Gasteiger partial charge < -0.3 is 26.2 Å². The largest absolute Gasteiger partial charge is 0.472 e. The zero-order valence-corrected chi connectivity index (χ0v) is 36.0. The lowest BCUT2D eigenvalue weighted by atomic mass is 10.0. The second kappa shape index (κ2) is 40.1. The molecule has 0 spiro atoms. The smallest absolute Gasteiger partial charge is 0.393 e. The summed E-state index contributed by atoms with van der Waals surface area (Å²) in [6, 6.07) is -0.994. The van der Waals surface area contributed by atoms with Gasteiger partial charge in [-0.1, -0.05) is 199 Å². The fraction of sp³-hybridized carbons (Fsp3) is 0.886. The van der Waals surface area contributed by atoms with E-state index >= 15 is 0 Å². The molecule has 9 nitrogen and oxygen atoms in total. The number of rotatable bonds is 42. The maximum atomic E-state index is 12.8. The predicted molar refractivity (Wildman–Crippen MR) is 227 cm³/mol. The van der Waals surface area contributed by atoms with Crippen LogP contribution < -0.4 is 11.1 Å². The van der Waals surface area contributed by atoms with E-state index in [1.165, 1.54) is 148 Å². The fourth-order valence-electron chi connectivity index (χ4n) is 6.66. The molecule has 0 aromatic rings. The molecule has 0 saturated carbocycles. The molecule has 0 aliphatic rings. The van der Waals surface area contributed by atoms with Crippen molar-refractivity contribution in [2.45, 2.75) is 231 Å². The van der Waals surface area contributed by atoms with Crippen molar-refractivity contribution in [2.75, 3.05) is 19.8 Å². The van der Waals surface area contributed by atoms with Gasteiger partial charge in [0.15, 0.2) is 0 Å². The van der Waals surface area contributed by atoms with Gasteiger partial charge in [-0.05, 0) is 32.1 Å². The van der Waals surface area contributed by atoms with Gasteiger partial charge in [-0.3, -0.25) is 13.8 Å². The summed E-state index contributed by atoms with van der Waals surface area (Å²) in [7, 11) is -4.40. The van der Waals surface area contributed by atoms with Crippen LogP contribution in [0.2, 0.25) is 0 Å². The summed E-state index contributed by atoms with van der Waals surface area (Å²) in [5.41, 5.74) is 5.35. The SMILES string of the molecule is CCCCCCC/C=C/CC/C=C/C(O)C(COP(=O)(O)OCCN)NC(=O)CC(O)CCCCCCCCCCCCCCCCCCCCCCC. The van der Waals surface area contributed by atoms with Crippen LogP contribution in [0.25, 0.3) is 0 Å². The van der Waals surface area contributed by atoms with Gasteiger partial charge in [-0.2, -0.15) is 0 Å². The van der Waals surface area contributed by atoms with Crippen LogP contribution >= 0.6 is 7.82 Å². The highest BCUT2D eigenvalue weighted by Crippen LogP contribution is 2.43. The van der Waals surface area contributed by atoms with Crippen molar-refractivity contribution in [3.8, 4) is 0 Å². The lowest BCUT2D eigenvalue weighted by Crippen LogP contribution is -2.46. The number of nitrogens with one attached hydrogen (secondary N) is 1. The van der Waals surface area contributed by atoms with Crippen LogP contribution in [0, 0.1) is 0 Å². The molecule has 1 amide bonds. The molecule has 0 aliphatic heterocycles. The third kappa shape index (κ3) is 37.8. The Hall–Kier alpha value is -1.06. The fourth-order valence-corrected chi connectivity index (χ4v) is 7.42. The average Bonchev–Trinajstić information content (AvgIpc) is 3.15. The quantitative estimate of drug-likeness (QED) is 0.0233. The highest BCUT2D eigenvalue weighted by Gasteiger charge is 2.27. The number of phosphoric ester groups is 1. The summed E-state index contributed by atoms with van der Waals surface area (Å²) in [5.74, 6) is -0.454. The van der Waals surface area contributed by atoms with Gasteiger partial charge in [0, 0.05) is 6.54 Å². The standard InChI is InChI=1S/C44H87N2O7P/c1-3-5-7-9-11-13-15-16-17-18-19-20-21-22-23-24-26-27-29-31-33-35-41(47)39-44(49)46-42(40-53-54(50,51)52-38-37-45)43(48)36-34-32-30-28-25-14-12-10-8-6-4-2/h25,28,34,36,41-43,47-48H,3-24,26-27,29-33,35,37-40,45H2,1-2H3,(H,46,49)(H,50,51)/b28-25+,36-34+. The van der Waals surface area contributed by atoms with E-state index in [1.807, 2.05) is 6.08 Å². The van der Waals surface area contributed by atoms with Crippen molar-refractivity contribution >= 4 is 13.7 Å². The Morgan fingerprint density at radius 1 is 0.630 bits per heavy atom. The number of hydrogen-bond acceptors (Lipinski definition) is 7. The summed E-state index contributed by atoms with van der Waals surface area (Å²) in [6.07, 6.45) is 42.8. The lowest BCUT2D eigenvalue weighted by Gasteiger charge is -2.24. The van der Waals surface area contributed by atoms with Crippen LogP contribution in [-0.4, -0.2) is 59.0 Å². The molecule has 0 saturated heterocycles. The zero-order valence-electron chi connectivity index (χ0n) is 35.1. The van der Waals surface area contributed by atoms with Gasteiger partial charge in [0.05, 0.1) is 37.9 Å². The minimum atomic E-state index is -4.40. The number of phosphoric acid groups is 1. The van der Waals surface area contributed by atoms with Crippen molar-refractivity contribution in [1.82, 2.24) is 5.32 Å². The zero-order chi connectivity index (χ0) is 39.8. The lowest BCUT2D eigenvalue weighted by molar-refractivity contribution is -0.124. The number of amides is 1. The van der Waals surface area contributed by atoms with Crippen molar-refractivity contribution in [3.63, 3.8) is 0 Å². The van der Waals surface area contributed by atoms with Crippen molar-refractivity contribution in [3.05, 3.63) is 24.3 Å². The molecule has 0 aromatic carbocycles. The second-order valence-corrected chi connectivity index (χ2v) is 16.9. The first-order valence-corrected chi connectivity index (χ1v) is 24.0. The van der Waals surface area contributed by atoms with Crippen molar-refractivity contribution in [2.24, 2.45) is 5.73 Å². The summed E-state index contributed by atoms with van der Waals surface area (Å²) < 4.78 is 22.0. The number of unbranched alkanes of at least 4 members (excludes halogenated alkanes) is 26.